The smallest absolute Gasteiger partial charge is 0.333 e. The molecule has 0 saturated carbocycles. The zero-order valence-electron chi connectivity index (χ0n) is 18.6. The van der Waals surface area contributed by atoms with Crippen LogP contribution in [0.5, 0.6) is 5.75 Å². The Balaban J connectivity index is 1.73. The second kappa shape index (κ2) is 12.7. The molecule has 0 radical (unpaired) electrons. The van der Waals surface area contributed by atoms with Crippen molar-refractivity contribution < 1.29 is 24.2 Å². The van der Waals surface area contributed by atoms with E-state index >= 15 is 0 Å². The molecule has 0 spiro atoms. The molecule has 2 atom stereocenters. The number of aliphatic carboxylic acids is 1. The lowest BCUT2D eigenvalue weighted by atomic mass is 10.1. The molecule has 1 amide bonds. The lowest BCUT2D eigenvalue weighted by molar-refractivity contribution is -0.150. The Labute approximate surface area is 184 Å². The normalized spacial score (nSPS) is 12.7. The van der Waals surface area contributed by atoms with Crippen molar-refractivity contribution in [2.45, 2.75) is 58.7 Å². The summed E-state index contributed by atoms with van der Waals surface area (Å²) in [5.74, 6) is -0.376. The second-order valence-corrected chi connectivity index (χ2v) is 7.53. The highest BCUT2D eigenvalue weighted by Crippen LogP contribution is 2.17. The van der Waals surface area contributed by atoms with Crippen LogP contribution in [0.1, 0.15) is 43.9 Å². The van der Waals surface area contributed by atoms with E-state index in [1.807, 2.05) is 19.1 Å². The van der Waals surface area contributed by atoms with Gasteiger partial charge >= 0.3 is 5.97 Å². The monoisotopic (exact) mass is 427 g/mol. The van der Waals surface area contributed by atoms with Crippen molar-refractivity contribution in [2.75, 3.05) is 13.2 Å². The fourth-order valence-corrected chi connectivity index (χ4v) is 3.23. The molecule has 2 aromatic rings. The molecule has 0 aliphatic rings. The number of rotatable bonds is 13. The summed E-state index contributed by atoms with van der Waals surface area (Å²) in [6, 6.07) is 15.7. The van der Waals surface area contributed by atoms with Crippen LogP contribution in [0.3, 0.4) is 0 Å². The molecule has 0 saturated heterocycles. The lowest BCUT2D eigenvalue weighted by Gasteiger charge is -2.16. The summed E-state index contributed by atoms with van der Waals surface area (Å²) < 4.78 is 11.1. The van der Waals surface area contributed by atoms with E-state index in [9.17, 15) is 14.7 Å². The van der Waals surface area contributed by atoms with Gasteiger partial charge in [0.15, 0.2) is 6.10 Å². The SMILES string of the molecule is CCO[C@@H](Cc1ccc(OC(C)CC(=O)NCCc2ccc(CC)cc2)cc1)C(=O)O. The zero-order valence-corrected chi connectivity index (χ0v) is 18.6. The van der Waals surface area contributed by atoms with E-state index in [4.69, 9.17) is 9.47 Å². The van der Waals surface area contributed by atoms with E-state index in [2.05, 4.69) is 36.5 Å². The molecule has 6 nitrogen and oxygen atoms in total. The van der Waals surface area contributed by atoms with Crippen LogP contribution >= 0.6 is 0 Å². The molecule has 0 heterocycles. The number of carbonyl (C=O) groups excluding carboxylic acids is 1. The van der Waals surface area contributed by atoms with E-state index in [-0.39, 0.29) is 18.4 Å². The Hall–Kier alpha value is -2.86. The van der Waals surface area contributed by atoms with Gasteiger partial charge in [-0.15, -0.1) is 0 Å². The van der Waals surface area contributed by atoms with Gasteiger partial charge in [-0.25, -0.2) is 4.79 Å². The average Bonchev–Trinajstić information content (AvgIpc) is 2.75. The van der Waals surface area contributed by atoms with Crippen molar-refractivity contribution in [1.29, 1.82) is 0 Å². The number of carboxylic acids is 1. The van der Waals surface area contributed by atoms with Crippen molar-refractivity contribution in [1.82, 2.24) is 5.32 Å². The van der Waals surface area contributed by atoms with Gasteiger partial charge in [-0.1, -0.05) is 43.3 Å². The Morgan fingerprint density at radius 1 is 0.968 bits per heavy atom. The molecule has 6 heteroatoms. The molecule has 0 fully saturated rings. The minimum absolute atomic E-state index is 0.0460. The van der Waals surface area contributed by atoms with E-state index in [1.165, 1.54) is 11.1 Å². The summed E-state index contributed by atoms with van der Waals surface area (Å²) in [5.41, 5.74) is 3.37. The van der Waals surface area contributed by atoms with Gasteiger partial charge < -0.3 is 19.9 Å². The van der Waals surface area contributed by atoms with Gasteiger partial charge in [0, 0.05) is 19.6 Å². The number of aryl methyl sites for hydroxylation is 1. The van der Waals surface area contributed by atoms with Crippen molar-refractivity contribution in [3.05, 3.63) is 65.2 Å². The van der Waals surface area contributed by atoms with Crippen molar-refractivity contribution in [3.8, 4) is 5.75 Å². The predicted octanol–water partition coefficient (Wildman–Crippen LogP) is 3.80. The highest BCUT2D eigenvalue weighted by Gasteiger charge is 2.18. The highest BCUT2D eigenvalue weighted by molar-refractivity contribution is 5.76. The van der Waals surface area contributed by atoms with Gasteiger partial charge in [0.2, 0.25) is 5.91 Å². The molecule has 1 unspecified atom stereocenters. The Bertz CT molecular complexity index is 817. The first kappa shape index (κ1) is 24.4. The molecular formula is C25H33NO5. The van der Waals surface area contributed by atoms with Gasteiger partial charge in [-0.05, 0) is 55.5 Å². The summed E-state index contributed by atoms with van der Waals surface area (Å²) in [7, 11) is 0. The molecule has 0 bridgehead atoms. The number of carboxylic acid groups (broad SMARTS) is 1. The third-order valence-corrected chi connectivity index (χ3v) is 4.96. The van der Waals surface area contributed by atoms with Crippen LogP contribution in [0.25, 0.3) is 0 Å². The lowest BCUT2D eigenvalue weighted by Crippen LogP contribution is -2.30. The summed E-state index contributed by atoms with van der Waals surface area (Å²) >= 11 is 0. The van der Waals surface area contributed by atoms with Crippen LogP contribution in [-0.2, 0) is 33.6 Å². The first-order valence-electron chi connectivity index (χ1n) is 10.9. The van der Waals surface area contributed by atoms with Crippen LogP contribution in [0, 0.1) is 0 Å². The largest absolute Gasteiger partial charge is 0.490 e. The number of hydrogen-bond donors (Lipinski definition) is 2. The minimum atomic E-state index is -0.972. The predicted molar refractivity (Wildman–Crippen MR) is 120 cm³/mol. The van der Waals surface area contributed by atoms with Gasteiger partial charge in [-0.2, -0.15) is 0 Å². The molecule has 168 valence electrons. The van der Waals surface area contributed by atoms with Crippen LogP contribution in [0.4, 0.5) is 0 Å². The van der Waals surface area contributed by atoms with Gasteiger partial charge in [0.1, 0.15) is 11.9 Å². The maximum atomic E-state index is 12.2. The number of carbonyl (C=O) groups is 2. The molecule has 0 aliphatic heterocycles. The fourth-order valence-electron chi connectivity index (χ4n) is 3.23. The van der Waals surface area contributed by atoms with Crippen LogP contribution < -0.4 is 10.1 Å². The topological polar surface area (TPSA) is 84.9 Å². The number of benzene rings is 2. The van der Waals surface area contributed by atoms with Gasteiger partial charge in [0.05, 0.1) is 6.42 Å². The van der Waals surface area contributed by atoms with E-state index in [0.29, 0.717) is 25.3 Å². The highest BCUT2D eigenvalue weighted by atomic mass is 16.5. The van der Waals surface area contributed by atoms with Crippen LogP contribution in [-0.4, -0.2) is 42.3 Å². The van der Waals surface area contributed by atoms with Gasteiger partial charge in [-0.3, -0.25) is 4.79 Å². The fraction of sp³-hybridized carbons (Fsp3) is 0.440. The molecule has 2 N–H and O–H groups in total. The molecular weight excluding hydrogens is 394 g/mol. The molecule has 2 rings (SSSR count). The number of amides is 1. The van der Waals surface area contributed by atoms with E-state index in [0.717, 1.165) is 18.4 Å². The standard InChI is InChI=1S/C25H33NO5/c1-4-19-6-8-20(9-7-19)14-15-26-24(27)16-18(3)31-22-12-10-21(11-13-22)17-23(25(28)29)30-5-2/h6-13,18,23H,4-5,14-17H2,1-3H3,(H,26,27)(H,28,29)/t18?,23-/m0/s1. The molecule has 31 heavy (non-hydrogen) atoms. The van der Waals surface area contributed by atoms with Gasteiger partial charge in [0.25, 0.3) is 0 Å². The van der Waals surface area contributed by atoms with E-state index < -0.39 is 12.1 Å². The Kier molecular flexibility index (Phi) is 10.0. The first-order valence-corrected chi connectivity index (χ1v) is 10.9. The average molecular weight is 428 g/mol. The van der Waals surface area contributed by atoms with Crippen molar-refractivity contribution in [2.24, 2.45) is 0 Å². The Morgan fingerprint density at radius 2 is 1.58 bits per heavy atom. The number of ether oxygens (including phenoxy) is 2. The first-order chi connectivity index (χ1) is 14.9. The summed E-state index contributed by atoms with van der Waals surface area (Å²) in [4.78, 5) is 23.4. The number of hydrogen-bond acceptors (Lipinski definition) is 4. The Morgan fingerprint density at radius 3 is 2.16 bits per heavy atom. The second-order valence-electron chi connectivity index (χ2n) is 7.53. The quantitative estimate of drug-likeness (QED) is 0.508. The molecule has 0 aromatic heterocycles. The third kappa shape index (κ3) is 8.80. The summed E-state index contributed by atoms with van der Waals surface area (Å²) in [6.45, 7) is 6.70. The number of nitrogens with one attached hydrogen (secondary N) is 1. The zero-order chi connectivity index (χ0) is 22.6. The molecule has 0 aliphatic carbocycles. The molecule has 2 aromatic carbocycles. The summed E-state index contributed by atoms with van der Waals surface area (Å²) in [5, 5.41) is 12.1. The van der Waals surface area contributed by atoms with E-state index in [1.54, 1.807) is 19.1 Å². The van der Waals surface area contributed by atoms with Crippen molar-refractivity contribution >= 4 is 11.9 Å². The summed E-state index contributed by atoms with van der Waals surface area (Å²) in [6.07, 6.45) is 1.25. The maximum absolute atomic E-state index is 12.2. The third-order valence-electron chi connectivity index (χ3n) is 4.96. The maximum Gasteiger partial charge on any atom is 0.333 e. The van der Waals surface area contributed by atoms with Crippen LogP contribution in [0.15, 0.2) is 48.5 Å². The minimum Gasteiger partial charge on any atom is -0.490 e. The van der Waals surface area contributed by atoms with Crippen LogP contribution in [0.2, 0.25) is 0 Å². The van der Waals surface area contributed by atoms with Crippen molar-refractivity contribution in [3.63, 3.8) is 0 Å².